The number of nitrogens with one attached hydrogen (secondary N) is 3. The molecule has 1 aromatic rings. The molecule has 10 heteroatoms. The maximum atomic E-state index is 11.4. The second-order valence-corrected chi connectivity index (χ2v) is 6.13. The molecule has 0 atom stereocenters. The third-order valence-corrected chi connectivity index (χ3v) is 3.40. The van der Waals surface area contributed by atoms with Gasteiger partial charge < -0.3 is 0 Å². The summed E-state index contributed by atoms with van der Waals surface area (Å²) in [5, 5.41) is 4.80. The molecule has 0 radical (unpaired) electrons. The smallest absolute Gasteiger partial charge is 0.271 e. The molecule has 102 valence electrons. The maximum absolute atomic E-state index is 11.4. The first-order valence-corrected chi connectivity index (χ1v) is 7.93. The minimum Gasteiger partial charge on any atom is -0.271 e. The Morgan fingerprint density at radius 3 is 2.17 bits per heavy atom. The van der Waals surface area contributed by atoms with Crippen LogP contribution in [0.25, 0.3) is 0 Å². The Hall–Kier alpha value is -1.36. The Morgan fingerprint density at radius 2 is 1.67 bits per heavy atom. The normalized spacial score (nSPS) is 12.1. The second kappa shape index (κ2) is 5.52. The number of rotatable bonds is 6. The maximum Gasteiger partial charge on any atom is 0.299 e. The Kier molecular flexibility index (Phi) is 4.51. The van der Waals surface area contributed by atoms with Crippen LogP contribution < -0.4 is 19.3 Å². The van der Waals surface area contributed by atoms with E-state index < -0.39 is 20.4 Å². The van der Waals surface area contributed by atoms with E-state index >= 15 is 0 Å². The van der Waals surface area contributed by atoms with Crippen LogP contribution in [0.2, 0.25) is 0 Å². The first kappa shape index (κ1) is 14.7. The highest BCUT2D eigenvalue weighted by Crippen LogP contribution is 2.16. The van der Waals surface area contributed by atoms with Crippen LogP contribution in [-0.4, -0.2) is 23.4 Å². The molecule has 0 heterocycles. The van der Waals surface area contributed by atoms with Crippen molar-refractivity contribution in [3.8, 4) is 0 Å². The van der Waals surface area contributed by atoms with Crippen LogP contribution in [0.1, 0.15) is 6.92 Å². The van der Waals surface area contributed by atoms with E-state index in [-0.39, 0.29) is 17.9 Å². The summed E-state index contributed by atoms with van der Waals surface area (Å²) in [7, 11) is -7.54. The van der Waals surface area contributed by atoms with E-state index in [1.807, 2.05) is 4.72 Å². The van der Waals surface area contributed by atoms with Crippen molar-refractivity contribution in [3.63, 3.8) is 0 Å². The highest BCUT2D eigenvalue weighted by atomic mass is 32.2. The van der Waals surface area contributed by atoms with Crippen molar-refractivity contribution < 1.29 is 16.8 Å². The molecule has 5 N–H and O–H groups in total. The second-order valence-electron chi connectivity index (χ2n) is 3.33. The molecule has 0 aliphatic rings. The molecule has 0 amide bonds. The van der Waals surface area contributed by atoms with Gasteiger partial charge in [-0.15, -0.1) is 0 Å². The summed E-state index contributed by atoms with van der Waals surface area (Å²) < 4.78 is 51.0. The number of anilines is 2. The SMILES string of the molecule is CCNS(=O)(=O)Nc1cccc(NS(N)(=O)=O)c1. The lowest BCUT2D eigenvalue weighted by molar-refractivity contribution is 0.589. The van der Waals surface area contributed by atoms with Crippen molar-refractivity contribution in [2.45, 2.75) is 6.92 Å². The summed E-state index contributed by atoms with van der Waals surface area (Å²) in [4.78, 5) is 0. The molecule has 0 saturated carbocycles. The van der Waals surface area contributed by atoms with Gasteiger partial charge in [0.2, 0.25) is 0 Å². The van der Waals surface area contributed by atoms with Crippen molar-refractivity contribution in [1.82, 2.24) is 4.72 Å². The molecule has 0 spiro atoms. The fraction of sp³-hybridized carbons (Fsp3) is 0.250. The minimum absolute atomic E-state index is 0.161. The van der Waals surface area contributed by atoms with Gasteiger partial charge in [0, 0.05) is 6.54 Å². The highest BCUT2D eigenvalue weighted by Gasteiger charge is 2.09. The molecule has 18 heavy (non-hydrogen) atoms. The molecule has 8 nitrogen and oxygen atoms in total. The van der Waals surface area contributed by atoms with Gasteiger partial charge in [-0.1, -0.05) is 13.0 Å². The van der Waals surface area contributed by atoms with Crippen LogP contribution in [0.4, 0.5) is 11.4 Å². The summed E-state index contributed by atoms with van der Waals surface area (Å²) in [5.74, 6) is 0. The van der Waals surface area contributed by atoms with E-state index in [4.69, 9.17) is 5.14 Å². The van der Waals surface area contributed by atoms with Gasteiger partial charge >= 0.3 is 0 Å². The first-order chi connectivity index (χ1) is 8.22. The Bertz CT molecular complexity index is 612. The molecule has 1 aromatic carbocycles. The van der Waals surface area contributed by atoms with E-state index in [1.165, 1.54) is 24.3 Å². The van der Waals surface area contributed by atoms with Crippen molar-refractivity contribution >= 4 is 31.8 Å². The van der Waals surface area contributed by atoms with E-state index in [0.29, 0.717) is 0 Å². The van der Waals surface area contributed by atoms with Crippen LogP contribution in [0.15, 0.2) is 24.3 Å². The predicted octanol–water partition coefficient (Wildman–Crippen LogP) is -0.432. The zero-order valence-corrected chi connectivity index (χ0v) is 11.2. The molecule has 1 rings (SSSR count). The standard InChI is InChI=1S/C8H14N4O4S2/c1-2-10-18(15,16)12-8-5-3-4-7(6-8)11-17(9,13)14/h3-6,10-12H,2H2,1H3,(H2,9,13,14). The summed E-state index contributed by atoms with van der Waals surface area (Å²) in [6.45, 7) is 1.88. The van der Waals surface area contributed by atoms with E-state index in [1.54, 1.807) is 6.92 Å². The molecule has 0 bridgehead atoms. The lowest BCUT2D eigenvalue weighted by Crippen LogP contribution is -2.29. The predicted molar refractivity (Wildman–Crippen MR) is 69.4 cm³/mol. The topological polar surface area (TPSA) is 130 Å². The van der Waals surface area contributed by atoms with Gasteiger partial charge in [0.1, 0.15) is 0 Å². The fourth-order valence-electron chi connectivity index (χ4n) is 1.19. The Balaban J connectivity index is 2.90. The molecule has 0 saturated heterocycles. The third-order valence-electron chi connectivity index (χ3n) is 1.71. The van der Waals surface area contributed by atoms with Gasteiger partial charge in [0.25, 0.3) is 20.4 Å². The van der Waals surface area contributed by atoms with Crippen LogP contribution >= 0.6 is 0 Å². The number of hydrogen-bond donors (Lipinski definition) is 4. The third kappa shape index (κ3) is 5.31. The van der Waals surface area contributed by atoms with E-state index in [2.05, 4.69) is 9.44 Å². The van der Waals surface area contributed by atoms with Crippen molar-refractivity contribution in [2.24, 2.45) is 5.14 Å². The minimum atomic E-state index is -3.89. The molecule has 0 fully saturated rings. The molecular formula is C8H14N4O4S2. The van der Waals surface area contributed by atoms with Gasteiger partial charge in [-0.25, -0.2) is 5.14 Å². The number of nitrogens with two attached hydrogens (primary N) is 1. The number of benzene rings is 1. The average molecular weight is 294 g/mol. The van der Waals surface area contributed by atoms with E-state index in [9.17, 15) is 16.8 Å². The van der Waals surface area contributed by atoms with Crippen molar-refractivity contribution in [1.29, 1.82) is 0 Å². The van der Waals surface area contributed by atoms with Gasteiger partial charge in [0.05, 0.1) is 11.4 Å². The zero-order chi connectivity index (χ0) is 13.8. The largest absolute Gasteiger partial charge is 0.299 e. The first-order valence-electron chi connectivity index (χ1n) is 4.90. The summed E-state index contributed by atoms with van der Waals surface area (Å²) in [6.07, 6.45) is 0. The lowest BCUT2D eigenvalue weighted by Gasteiger charge is -2.09. The van der Waals surface area contributed by atoms with Gasteiger partial charge in [-0.2, -0.15) is 21.6 Å². The van der Waals surface area contributed by atoms with E-state index in [0.717, 1.165) is 0 Å². The summed E-state index contributed by atoms with van der Waals surface area (Å²) in [6, 6.07) is 5.70. The molecule has 0 aromatic heterocycles. The van der Waals surface area contributed by atoms with Crippen molar-refractivity contribution in [3.05, 3.63) is 24.3 Å². The monoisotopic (exact) mass is 294 g/mol. The molecule has 0 aliphatic carbocycles. The highest BCUT2D eigenvalue weighted by molar-refractivity contribution is 7.91. The van der Waals surface area contributed by atoms with Crippen LogP contribution in [-0.2, 0) is 20.4 Å². The van der Waals surface area contributed by atoms with Crippen LogP contribution in [0.5, 0.6) is 0 Å². The van der Waals surface area contributed by atoms with Gasteiger partial charge in [-0.05, 0) is 18.2 Å². The zero-order valence-electron chi connectivity index (χ0n) is 9.54. The fourth-order valence-corrected chi connectivity index (χ4v) is 2.54. The molecule has 0 aliphatic heterocycles. The van der Waals surface area contributed by atoms with Gasteiger partial charge in [0.15, 0.2) is 0 Å². The Morgan fingerprint density at radius 1 is 1.11 bits per heavy atom. The van der Waals surface area contributed by atoms with Crippen molar-refractivity contribution in [2.75, 3.05) is 16.0 Å². The lowest BCUT2D eigenvalue weighted by atomic mass is 10.3. The van der Waals surface area contributed by atoms with Crippen LogP contribution in [0, 0.1) is 0 Å². The quantitative estimate of drug-likeness (QED) is 0.567. The summed E-state index contributed by atoms with van der Waals surface area (Å²) in [5.41, 5.74) is 0.374. The average Bonchev–Trinajstić information content (AvgIpc) is 2.13. The Labute approximate surface area is 106 Å². The molecular weight excluding hydrogens is 280 g/mol. The number of hydrogen-bond acceptors (Lipinski definition) is 4. The molecule has 0 unspecified atom stereocenters. The van der Waals surface area contributed by atoms with Crippen LogP contribution in [0.3, 0.4) is 0 Å². The van der Waals surface area contributed by atoms with Gasteiger partial charge in [-0.3, -0.25) is 9.44 Å². The summed E-state index contributed by atoms with van der Waals surface area (Å²) >= 11 is 0.